The molecule has 0 saturated carbocycles. The zero-order chi connectivity index (χ0) is 12.4. The van der Waals surface area contributed by atoms with Crippen molar-refractivity contribution in [1.82, 2.24) is 10.4 Å². The molecule has 0 radical (unpaired) electrons. The van der Waals surface area contributed by atoms with Gasteiger partial charge in [-0.25, -0.2) is 0 Å². The van der Waals surface area contributed by atoms with Crippen LogP contribution < -0.4 is 11.3 Å². The van der Waals surface area contributed by atoms with E-state index in [1.165, 1.54) is 27.5 Å². The molecule has 1 aliphatic heterocycles. The molecule has 0 amide bonds. The minimum absolute atomic E-state index is 0.214. The van der Waals surface area contributed by atoms with Gasteiger partial charge < -0.3 is 0 Å². The molecule has 0 bridgehead atoms. The lowest BCUT2D eigenvalue weighted by Gasteiger charge is -2.12. The smallest absolute Gasteiger partial charge is 0.0794 e. The zero-order valence-corrected chi connectivity index (χ0v) is 12.3. The van der Waals surface area contributed by atoms with E-state index in [9.17, 15) is 0 Å². The summed E-state index contributed by atoms with van der Waals surface area (Å²) in [6.45, 7) is 0. The van der Waals surface area contributed by atoms with Crippen LogP contribution in [0, 0.1) is 0 Å². The molecular formula is C12H15N3S3. The summed E-state index contributed by atoms with van der Waals surface area (Å²) in [6, 6.07) is 2.55. The number of fused-ring (bicyclic) bond motifs is 1. The summed E-state index contributed by atoms with van der Waals surface area (Å²) in [7, 11) is 0. The Hall–Kier alpha value is -0.400. The number of thioether (sulfide) groups is 1. The largest absolute Gasteiger partial charge is 0.271 e. The lowest BCUT2D eigenvalue weighted by molar-refractivity contribution is 0.564. The topological polar surface area (TPSA) is 50.9 Å². The standard InChI is InChI=1S/C12H15N3S3/c13-15-10(4-9-5-14-7-17-9)12-3-8-6-16-2-1-11(8)18-12/h3,5,7,10,15H,1-2,4,6,13H2. The minimum Gasteiger partial charge on any atom is -0.271 e. The van der Waals surface area contributed by atoms with Gasteiger partial charge in [-0.15, -0.1) is 22.7 Å². The molecule has 2 aromatic heterocycles. The van der Waals surface area contributed by atoms with E-state index in [-0.39, 0.29) is 6.04 Å². The van der Waals surface area contributed by atoms with Crippen molar-refractivity contribution in [2.45, 2.75) is 24.6 Å². The predicted octanol–water partition coefficient (Wildman–Crippen LogP) is 2.74. The molecule has 18 heavy (non-hydrogen) atoms. The van der Waals surface area contributed by atoms with Gasteiger partial charge in [0.1, 0.15) is 0 Å². The van der Waals surface area contributed by atoms with Crippen LogP contribution in [0.25, 0.3) is 0 Å². The van der Waals surface area contributed by atoms with Crippen LogP contribution in [0.2, 0.25) is 0 Å². The van der Waals surface area contributed by atoms with Gasteiger partial charge in [0.05, 0.1) is 11.6 Å². The van der Waals surface area contributed by atoms with E-state index in [4.69, 9.17) is 5.84 Å². The molecule has 6 heteroatoms. The van der Waals surface area contributed by atoms with Crippen molar-refractivity contribution in [3.63, 3.8) is 0 Å². The van der Waals surface area contributed by atoms with Gasteiger partial charge in [0.2, 0.25) is 0 Å². The number of nitrogens with two attached hydrogens (primary N) is 1. The number of rotatable bonds is 4. The van der Waals surface area contributed by atoms with E-state index >= 15 is 0 Å². The highest BCUT2D eigenvalue weighted by atomic mass is 32.2. The zero-order valence-electron chi connectivity index (χ0n) is 9.89. The number of nitrogens with one attached hydrogen (secondary N) is 1. The van der Waals surface area contributed by atoms with Gasteiger partial charge in [-0.2, -0.15) is 11.8 Å². The first-order chi connectivity index (χ1) is 8.86. The summed E-state index contributed by atoms with van der Waals surface area (Å²) >= 11 is 5.63. The molecular weight excluding hydrogens is 282 g/mol. The van der Waals surface area contributed by atoms with Crippen molar-refractivity contribution in [1.29, 1.82) is 0 Å². The number of aryl methyl sites for hydroxylation is 1. The average Bonchev–Trinajstić information content (AvgIpc) is 3.04. The molecule has 0 aliphatic carbocycles. The Labute approximate surface area is 119 Å². The van der Waals surface area contributed by atoms with Gasteiger partial charge >= 0.3 is 0 Å². The lowest BCUT2D eigenvalue weighted by atomic mass is 10.1. The molecule has 1 unspecified atom stereocenters. The SMILES string of the molecule is NNC(Cc1cncs1)c1cc2c(s1)CCSC2. The lowest BCUT2D eigenvalue weighted by Crippen LogP contribution is -2.28. The third-order valence-electron chi connectivity index (χ3n) is 3.08. The Balaban J connectivity index is 1.80. The van der Waals surface area contributed by atoms with Crippen LogP contribution in [0.3, 0.4) is 0 Å². The molecule has 3 nitrogen and oxygen atoms in total. The average molecular weight is 297 g/mol. The summed E-state index contributed by atoms with van der Waals surface area (Å²) in [5.74, 6) is 8.12. The molecule has 0 aromatic carbocycles. The normalized spacial score (nSPS) is 16.5. The van der Waals surface area contributed by atoms with Crippen molar-refractivity contribution in [3.05, 3.63) is 38.0 Å². The summed E-state index contributed by atoms with van der Waals surface area (Å²) in [5, 5.41) is 0. The Kier molecular flexibility index (Phi) is 4.00. The van der Waals surface area contributed by atoms with E-state index in [0.29, 0.717) is 0 Å². The Bertz CT molecular complexity index is 483. The predicted molar refractivity (Wildman–Crippen MR) is 80.1 cm³/mol. The number of hydrogen-bond acceptors (Lipinski definition) is 6. The second kappa shape index (κ2) is 5.71. The third-order valence-corrected chi connectivity index (χ3v) is 6.24. The van der Waals surface area contributed by atoms with Crippen molar-refractivity contribution >= 4 is 34.4 Å². The first-order valence-corrected chi connectivity index (χ1v) is 8.74. The molecule has 1 atom stereocenters. The van der Waals surface area contributed by atoms with Crippen molar-refractivity contribution in [3.8, 4) is 0 Å². The number of thiazole rings is 1. The molecule has 1 aliphatic rings. The molecule has 3 N–H and O–H groups in total. The van der Waals surface area contributed by atoms with E-state index in [1.807, 2.05) is 34.8 Å². The summed E-state index contributed by atoms with van der Waals surface area (Å²) < 4.78 is 0. The molecule has 2 aromatic rings. The van der Waals surface area contributed by atoms with E-state index in [2.05, 4.69) is 16.5 Å². The van der Waals surface area contributed by atoms with Crippen LogP contribution in [0.1, 0.15) is 26.2 Å². The van der Waals surface area contributed by atoms with Crippen LogP contribution in [0.4, 0.5) is 0 Å². The monoisotopic (exact) mass is 297 g/mol. The summed E-state index contributed by atoms with van der Waals surface area (Å²) in [4.78, 5) is 8.30. The highest BCUT2D eigenvalue weighted by Crippen LogP contribution is 2.35. The maximum atomic E-state index is 5.71. The van der Waals surface area contributed by atoms with Crippen molar-refractivity contribution < 1.29 is 0 Å². The van der Waals surface area contributed by atoms with E-state index in [0.717, 1.165) is 12.2 Å². The van der Waals surface area contributed by atoms with Crippen molar-refractivity contribution in [2.75, 3.05) is 5.75 Å². The first-order valence-electron chi connectivity index (χ1n) is 5.89. The first kappa shape index (κ1) is 12.6. The maximum absolute atomic E-state index is 5.71. The van der Waals surface area contributed by atoms with Gasteiger partial charge in [-0.1, -0.05) is 0 Å². The van der Waals surface area contributed by atoms with Crippen LogP contribution in [-0.4, -0.2) is 10.7 Å². The van der Waals surface area contributed by atoms with Crippen LogP contribution in [-0.2, 0) is 18.6 Å². The summed E-state index contributed by atoms with van der Waals surface area (Å²) in [6.07, 6.45) is 4.06. The molecule has 0 fully saturated rings. The number of nitrogens with zero attached hydrogens (tertiary/aromatic N) is 1. The third kappa shape index (κ3) is 2.62. The molecule has 0 saturated heterocycles. The van der Waals surface area contributed by atoms with E-state index in [1.54, 1.807) is 16.2 Å². The number of hydrogen-bond donors (Lipinski definition) is 2. The van der Waals surface area contributed by atoms with Crippen LogP contribution >= 0.6 is 34.4 Å². The van der Waals surface area contributed by atoms with Crippen LogP contribution in [0.5, 0.6) is 0 Å². The Morgan fingerprint density at radius 3 is 3.17 bits per heavy atom. The number of aromatic nitrogens is 1. The van der Waals surface area contributed by atoms with Gasteiger partial charge in [0.25, 0.3) is 0 Å². The summed E-state index contributed by atoms with van der Waals surface area (Å²) in [5.41, 5.74) is 6.33. The highest BCUT2D eigenvalue weighted by molar-refractivity contribution is 7.98. The Morgan fingerprint density at radius 1 is 1.50 bits per heavy atom. The molecule has 0 spiro atoms. The second-order valence-electron chi connectivity index (χ2n) is 4.29. The number of thiophene rings is 1. The number of hydrazine groups is 1. The molecule has 3 rings (SSSR count). The second-order valence-corrected chi connectivity index (χ2v) is 7.54. The van der Waals surface area contributed by atoms with Crippen LogP contribution in [0.15, 0.2) is 17.8 Å². The molecule has 96 valence electrons. The Morgan fingerprint density at radius 2 is 2.44 bits per heavy atom. The maximum Gasteiger partial charge on any atom is 0.0794 e. The van der Waals surface area contributed by atoms with Gasteiger partial charge in [0.15, 0.2) is 0 Å². The van der Waals surface area contributed by atoms with Gasteiger partial charge in [-0.05, 0) is 23.8 Å². The van der Waals surface area contributed by atoms with Gasteiger partial charge in [-0.3, -0.25) is 16.3 Å². The fourth-order valence-electron chi connectivity index (χ4n) is 2.13. The van der Waals surface area contributed by atoms with E-state index < -0.39 is 0 Å². The van der Waals surface area contributed by atoms with Crippen molar-refractivity contribution in [2.24, 2.45) is 5.84 Å². The van der Waals surface area contributed by atoms with Gasteiger partial charge in [0, 0.05) is 33.0 Å². The fourth-order valence-corrected chi connectivity index (χ4v) is 5.21. The minimum atomic E-state index is 0.214. The molecule has 3 heterocycles. The highest BCUT2D eigenvalue weighted by Gasteiger charge is 2.19. The fraction of sp³-hybridized carbons (Fsp3) is 0.417. The quantitative estimate of drug-likeness (QED) is 0.673.